The minimum absolute atomic E-state index is 0.296. The van der Waals surface area contributed by atoms with Gasteiger partial charge in [0.15, 0.2) is 0 Å². The Balaban J connectivity index is 2.32. The molecule has 1 atom stereocenters. The summed E-state index contributed by atoms with van der Waals surface area (Å²) in [5, 5.41) is 0. The minimum atomic E-state index is 0.296. The van der Waals surface area contributed by atoms with E-state index in [-0.39, 0.29) is 0 Å². The van der Waals surface area contributed by atoms with E-state index in [9.17, 15) is 0 Å². The molecule has 22 valence electrons. The van der Waals surface area contributed by atoms with Crippen LogP contribution in [-0.2, 0) is 0 Å². The lowest BCUT2D eigenvalue weighted by molar-refractivity contribution is 2.81. The van der Waals surface area contributed by atoms with E-state index < -0.39 is 0 Å². The van der Waals surface area contributed by atoms with Crippen LogP contribution in [0.25, 0.3) is 0 Å². The highest BCUT2D eigenvalue weighted by molar-refractivity contribution is 8.20. The van der Waals surface area contributed by atoms with Crippen LogP contribution in [0.5, 0.6) is 0 Å². The lowest BCUT2D eigenvalue weighted by Gasteiger charge is -1.60. The van der Waals surface area contributed by atoms with Crippen LogP contribution in [0, 0.1) is 0 Å². The van der Waals surface area contributed by atoms with Gasteiger partial charge in [0.25, 0.3) is 0 Å². The molecule has 2 heteroatoms. The van der Waals surface area contributed by atoms with Gasteiger partial charge in [0.05, 0.1) is 0 Å². The van der Waals surface area contributed by atoms with E-state index >= 15 is 0 Å². The lowest BCUT2D eigenvalue weighted by Crippen LogP contribution is -0.870. The van der Waals surface area contributed by atoms with Gasteiger partial charge in [0.2, 0.25) is 0 Å². The molecule has 0 nitrogen and oxygen atoms in total. The Hall–Kier alpha value is 0.600. The molecule has 0 radical (unpaired) electrons. The summed E-state index contributed by atoms with van der Waals surface area (Å²) in [6.07, 6.45) is 0. The Bertz CT molecular complexity index is 42.0. The first-order valence-corrected chi connectivity index (χ1v) is 4.21. The molecule has 0 bridgehead atoms. The molecule has 1 aliphatic heterocycles. The van der Waals surface area contributed by atoms with Crippen molar-refractivity contribution in [2.75, 3.05) is 0 Å². The molecule has 0 aromatic heterocycles. The fourth-order valence-electron chi connectivity index (χ4n) is 0.0385. The van der Waals surface area contributed by atoms with E-state index in [2.05, 4.69) is 20.6 Å². The third-order valence-electron chi connectivity index (χ3n) is 0.321. The Morgan fingerprint density at radius 3 is 1.75 bits per heavy atom. The van der Waals surface area contributed by atoms with Gasteiger partial charge in [0.1, 0.15) is 0 Å². The Labute approximate surface area is 29.1 Å². The molecule has 1 unspecified atom stereocenters. The van der Waals surface area contributed by atoms with Gasteiger partial charge >= 0.3 is 0 Å². The zero-order valence-electron chi connectivity index (χ0n) is 2.18. The molecule has 0 aromatic rings. The summed E-state index contributed by atoms with van der Waals surface area (Å²) in [4.78, 5) is 0. The first kappa shape index (κ1) is 2.82. The maximum absolute atomic E-state index is 2.72. The molecular weight excluding hydrogens is 86.0 g/mol. The van der Waals surface area contributed by atoms with Crippen molar-refractivity contribution < 1.29 is 0 Å². The molecule has 0 N–H and O–H groups in total. The van der Waals surface area contributed by atoms with Crippen LogP contribution in [-0.4, -0.2) is 0 Å². The standard InChI is InChI=1S/C2H4P2/c3-4-1-2-4/h1-2H,3H2. The van der Waals surface area contributed by atoms with Gasteiger partial charge in [-0.15, -0.1) is 8.93 Å². The fourth-order valence-corrected chi connectivity index (χ4v) is 1.04. The van der Waals surface area contributed by atoms with Crippen LogP contribution in [0.2, 0.25) is 0 Å². The minimum Gasteiger partial charge on any atom is -0.103 e. The first-order chi connectivity index (χ1) is 1.89. The van der Waals surface area contributed by atoms with Crippen molar-refractivity contribution in [3.05, 3.63) is 11.6 Å². The van der Waals surface area contributed by atoms with Gasteiger partial charge in [-0.05, 0) is 7.61 Å². The molecule has 0 amide bonds. The third kappa shape index (κ3) is 0.514. The molecule has 0 saturated heterocycles. The average molecular weight is 90.0 g/mol. The van der Waals surface area contributed by atoms with Gasteiger partial charge < -0.3 is 0 Å². The Morgan fingerprint density at radius 1 is 1.50 bits per heavy atom. The average Bonchev–Trinajstić information content (AvgIpc) is 1.75. The second-order valence-electron chi connectivity index (χ2n) is 0.745. The molecule has 4 heavy (non-hydrogen) atoms. The van der Waals surface area contributed by atoms with E-state index in [4.69, 9.17) is 0 Å². The van der Waals surface area contributed by atoms with E-state index in [1.54, 1.807) is 0 Å². The van der Waals surface area contributed by atoms with Crippen LogP contribution < -0.4 is 0 Å². The van der Waals surface area contributed by atoms with Crippen molar-refractivity contribution in [3.63, 3.8) is 0 Å². The van der Waals surface area contributed by atoms with Crippen LogP contribution in [0.15, 0.2) is 11.6 Å². The first-order valence-electron chi connectivity index (χ1n) is 1.11. The number of hydrogen-bond donors (Lipinski definition) is 0. The zero-order chi connectivity index (χ0) is 2.99. The molecular formula is C2H4P2. The van der Waals surface area contributed by atoms with Crippen LogP contribution >= 0.6 is 16.5 Å². The Kier molecular flexibility index (Phi) is 0.547. The quantitative estimate of drug-likeness (QED) is 0.397. The van der Waals surface area contributed by atoms with Crippen LogP contribution in [0.3, 0.4) is 0 Å². The molecule has 1 rings (SSSR count). The second-order valence-corrected chi connectivity index (χ2v) is 4.02. The third-order valence-corrected chi connectivity index (χ3v) is 2.00. The normalized spacial score (nSPS) is 22.2. The SMILES string of the molecule is PP1C=C1. The summed E-state index contributed by atoms with van der Waals surface area (Å²) in [6.45, 7) is 0. The molecule has 0 aromatic carbocycles. The van der Waals surface area contributed by atoms with Gasteiger partial charge in [-0.3, -0.25) is 0 Å². The largest absolute Gasteiger partial charge is 0.103 e. The Morgan fingerprint density at radius 2 is 1.75 bits per heavy atom. The van der Waals surface area contributed by atoms with Gasteiger partial charge in [0, 0.05) is 0 Å². The summed E-state index contributed by atoms with van der Waals surface area (Å²) >= 11 is 0. The van der Waals surface area contributed by atoms with Gasteiger partial charge in [-0.2, -0.15) is 0 Å². The monoisotopic (exact) mass is 90.0 g/mol. The summed E-state index contributed by atoms with van der Waals surface area (Å²) in [6, 6.07) is 0. The maximum Gasteiger partial charge on any atom is -0.0404 e. The second kappa shape index (κ2) is 0.776. The maximum atomic E-state index is 2.72. The highest BCUT2D eigenvalue weighted by atomic mass is 32.0. The smallest absolute Gasteiger partial charge is 0.0404 e. The molecule has 1 heterocycles. The highest BCUT2D eigenvalue weighted by Crippen LogP contribution is 2.59. The highest BCUT2D eigenvalue weighted by Gasteiger charge is 1.97. The van der Waals surface area contributed by atoms with E-state index in [0.717, 1.165) is 0 Å². The molecule has 0 saturated carbocycles. The molecule has 1 aliphatic rings. The number of rotatable bonds is 0. The van der Waals surface area contributed by atoms with Crippen molar-refractivity contribution in [1.29, 1.82) is 0 Å². The summed E-state index contributed by atoms with van der Waals surface area (Å²) in [5.74, 6) is 4.39. The fraction of sp³-hybridized carbons (Fsp3) is 0. The van der Waals surface area contributed by atoms with Crippen LogP contribution in [0.4, 0.5) is 0 Å². The van der Waals surface area contributed by atoms with Crippen molar-refractivity contribution in [1.82, 2.24) is 0 Å². The topological polar surface area (TPSA) is 0 Å². The summed E-state index contributed by atoms with van der Waals surface area (Å²) < 4.78 is 0. The molecule has 0 spiro atoms. The van der Waals surface area contributed by atoms with Crippen molar-refractivity contribution in [2.24, 2.45) is 0 Å². The van der Waals surface area contributed by atoms with Crippen molar-refractivity contribution >= 4 is 16.5 Å². The number of hydrogen-bond acceptors (Lipinski definition) is 0. The molecule has 0 fully saturated rings. The van der Waals surface area contributed by atoms with E-state index in [1.165, 1.54) is 0 Å². The predicted octanol–water partition coefficient (Wildman–Crippen LogP) is 1.74. The predicted molar refractivity (Wildman–Crippen MR) is 25.8 cm³/mol. The zero-order valence-corrected chi connectivity index (χ0v) is 4.23. The summed E-state index contributed by atoms with van der Waals surface area (Å²) in [7, 11) is 3.02. The van der Waals surface area contributed by atoms with Gasteiger partial charge in [-0.25, -0.2) is 0 Å². The van der Waals surface area contributed by atoms with Crippen molar-refractivity contribution in [3.8, 4) is 0 Å². The van der Waals surface area contributed by atoms with Crippen LogP contribution in [0.1, 0.15) is 0 Å². The van der Waals surface area contributed by atoms with E-state index in [0.29, 0.717) is 7.61 Å². The lowest BCUT2D eigenvalue weighted by atomic mass is 11.3. The molecule has 0 aliphatic carbocycles. The van der Waals surface area contributed by atoms with E-state index in [1.807, 2.05) is 0 Å². The van der Waals surface area contributed by atoms with Gasteiger partial charge in [-0.1, -0.05) is 11.6 Å². The summed E-state index contributed by atoms with van der Waals surface area (Å²) in [5.41, 5.74) is 0. The van der Waals surface area contributed by atoms with Crippen molar-refractivity contribution in [2.45, 2.75) is 0 Å².